The highest BCUT2D eigenvalue weighted by atomic mass is 19.1. The van der Waals surface area contributed by atoms with Crippen molar-refractivity contribution in [2.24, 2.45) is 0 Å². The summed E-state index contributed by atoms with van der Waals surface area (Å²) in [6.45, 7) is 7.36. The van der Waals surface area contributed by atoms with Crippen LogP contribution in [0.4, 0.5) is 8.78 Å². The molecule has 0 radical (unpaired) electrons. The highest BCUT2D eigenvalue weighted by Gasteiger charge is 2.44. The summed E-state index contributed by atoms with van der Waals surface area (Å²) in [6, 6.07) is 6.87. The summed E-state index contributed by atoms with van der Waals surface area (Å²) in [6.07, 6.45) is 9.67. The second-order valence-corrected chi connectivity index (χ2v) is 6.33. The zero-order chi connectivity index (χ0) is 16.2. The molecule has 118 valence electrons. The summed E-state index contributed by atoms with van der Waals surface area (Å²) in [5, 5.41) is 0. The first kappa shape index (κ1) is 16.7. The molecule has 2 heteroatoms. The smallest absolute Gasteiger partial charge is 0.127 e. The van der Waals surface area contributed by atoms with Gasteiger partial charge in [-0.3, -0.25) is 0 Å². The van der Waals surface area contributed by atoms with Crippen LogP contribution in [0.25, 0.3) is 0 Å². The van der Waals surface area contributed by atoms with Crippen LogP contribution in [0, 0.1) is 5.82 Å². The second-order valence-electron chi connectivity index (χ2n) is 6.33. The van der Waals surface area contributed by atoms with Gasteiger partial charge in [0.1, 0.15) is 11.5 Å². The van der Waals surface area contributed by atoms with Gasteiger partial charge in [-0.2, -0.15) is 0 Å². The quantitative estimate of drug-likeness (QED) is 0.593. The number of allylic oxidation sites excluding steroid dienone is 5. The number of benzene rings is 1. The van der Waals surface area contributed by atoms with Gasteiger partial charge in [0.25, 0.3) is 0 Å². The molecular formula is C20H24F2. The van der Waals surface area contributed by atoms with Crippen molar-refractivity contribution in [1.29, 1.82) is 0 Å². The first-order valence-corrected chi connectivity index (χ1v) is 7.85. The Hall–Kier alpha value is -1.70. The Labute approximate surface area is 132 Å². The van der Waals surface area contributed by atoms with Gasteiger partial charge in [-0.05, 0) is 56.7 Å². The maximum absolute atomic E-state index is 14.5. The molecule has 22 heavy (non-hydrogen) atoms. The van der Waals surface area contributed by atoms with Crippen molar-refractivity contribution >= 4 is 0 Å². The van der Waals surface area contributed by atoms with E-state index in [1.165, 1.54) is 6.07 Å². The second kappa shape index (κ2) is 6.60. The Balaban J connectivity index is 2.58. The number of halogens is 2. The fourth-order valence-corrected chi connectivity index (χ4v) is 3.44. The molecule has 1 fully saturated rings. The first-order chi connectivity index (χ1) is 10.4. The van der Waals surface area contributed by atoms with Gasteiger partial charge in [0.2, 0.25) is 0 Å². The normalized spacial score (nSPS) is 29.7. The van der Waals surface area contributed by atoms with Gasteiger partial charge in [0.15, 0.2) is 0 Å². The van der Waals surface area contributed by atoms with Crippen molar-refractivity contribution in [2.45, 2.75) is 50.6 Å². The Kier molecular flexibility index (Phi) is 5.00. The third-order valence-corrected chi connectivity index (χ3v) is 4.73. The van der Waals surface area contributed by atoms with E-state index in [9.17, 15) is 8.78 Å². The predicted octanol–water partition coefficient (Wildman–Crippen LogP) is 6.05. The molecular weight excluding hydrogens is 278 g/mol. The van der Waals surface area contributed by atoms with Crippen molar-refractivity contribution in [3.05, 3.63) is 72.1 Å². The molecule has 0 nitrogen and oxygen atoms in total. The molecule has 0 atom stereocenters. The third kappa shape index (κ3) is 3.21. The van der Waals surface area contributed by atoms with Gasteiger partial charge in [-0.25, -0.2) is 8.78 Å². The molecule has 0 heterocycles. The van der Waals surface area contributed by atoms with Gasteiger partial charge < -0.3 is 0 Å². The molecule has 0 amide bonds. The van der Waals surface area contributed by atoms with Crippen molar-refractivity contribution in [1.82, 2.24) is 0 Å². The molecule has 0 N–H and O–H groups in total. The van der Waals surface area contributed by atoms with E-state index in [1.54, 1.807) is 19.1 Å². The highest BCUT2D eigenvalue weighted by molar-refractivity contribution is 5.44. The Morgan fingerprint density at radius 3 is 2.36 bits per heavy atom. The molecule has 1 aliphatic rings. The highest BCUT2D eigenvalue weighted by Crippen LogP contribution is 2.50. The largest absolute Gasteiger partial charge is 0.244 e. The number of hydrogen-bond donors (Lipinski definition) is 0. The summed E-state index contributed by atoms with van der Waals surface area (Å²) in [5.74, 6) is -0.218. The van der Waals surface area contributed by atoms with E-state index in [0.717, 1.165) is 5.57 Å². The lowest BCUT2D eigenvalue weighted by Gasteiger charge is -2.43. The van der Waals surface area contributed by atoms with Crippen LogP contribution in [-0.2, 0) is 5.41 Å². The minimum absolute atomic E-state index is 0.218. The lowest BCUT2D eigenvalue weighted by molar-refractivity contribution is 0.0989. The van der Waals surface area contributed by atoms with Crippen molar-refractivity contribution in [2.75, 3.05) is 0 Å². The zero-order valence-corrected chi connectivity index (χ0v) is 13.4. The fourth-order valence-electron chi connectivity index (χ4n) is 3.44. The van der Waals surface area contributed by atoms with Gasteiger partial charge >= 0.3 is 0 Å². The summed E-state index contributed by atoms with van der Waals surface area (Å²) < 4.78 is 28.8. The summed E-state index contributed by atoms with van der Waals surface area (Å²) in [5.41, 5.74) is 0.0315. The van der Waals surface area contributed by atoms with E-state index in [2.05, 4.69) is 6.58 Å². The molecule has 0 spiro atoms. The molecule has 0 saturated heterocycles. The fraction of sp³-hybridized carbons (Fsp3) is 0.400. The monoisotopic (exact) mass is 302 g/mol. The molecule has 0 bridgehead atoms. The molecule has 2 rings (SSSR count). The third-order valence-electron chi connectivity index (χ3n) is 4.73. The average Bonchev–Trinajstić information content (AvgIpc) is 2.49. The molecule has 0 unspecified atom stereocenters. The lowest BCUT2D eigenvalue weighted by atomic mass is 9.62. The Morgan fingerprint density at radius 2 is 1.82 bits per heavy atom. The van der Waals surface area contributed by atoms with E-state index in [-0.39, 0.29) is 5.82 Å². The van der Waals surface area contributed by atoms with Crippen LogP contribution >= 0.6 is 0 Å². The van der Waals surface area contributed by atoms with Crippen LogP contribution in [0.1, 0.15) is 45.1 Å². The summed E-state index contributed by atoms with van der Waals surface area (Å²) in [4.78, 5) is 0. The molecule has 1 aromatic carbocycles. The maximum Gasteiger partial charge on any atom is 0.127 e. The molecule has 0 aromatic heterocycles. The Morgan fingerprint density at radius 1 is 1.18 bits per heavy atom. The van der Waals surface area contributed by atoms with Crippen LogP contribution in [0.5, 0.6) is 0 Å². The Bertz CT molecular complexity index is 583. The molecule has 1 saturated carbocycles. The zero-order valence-electron chi connectivity index (χ0n) is 13.4. The molecule has 0 aliphatic heterocycles. The van der Waals surface area contributed by atoms with Crippen molar-refractivity contribution < 1.29 is 8.78 Å². The van der Waals surface area contributed by atoms with Crippen LogP contribution < -0.4 is 0 Å². The summed E-state index contributed by atoms with van der Waals surface area (Å²) >= 11 is 0. The van der Waals surface area contributed by atoms with Crippen molar-refractivity contribution in [3.8, 4) is 0 Å². The minimum Gasteiger partial charge on any atom is -0.244 e. The standard InChI is InChI=1S/C20H24F2/c1-4-8-16(9-5-2)20(14-12-19(3,22)13-15-20)17-10-6-7-11-18(17)21/h4-11H,1,12-15H2,2-3H3/b9-5-,16-8+. The van der Waals surface area contributed by atoms with Crippen LogP contribution in [-0.4, -0.2) is 5.67 Å². The number of alkyl halides is 1. The van der Waals surface area contributed by atoms with Gasteiger partial charge in [0, 0.05) is 5.41 Å². The average molecular weight is 302 g/mol. The predicted molar refractivity (Wildman–Crippen MR) is 89.2 cm³/mol. The van der Waals surface area contributed by atoms with Crippen LogP contribution in [0.15, 0.2) is 60.7 Å². The van der Waals surface area contributed by atoms with E-state index < -0.39 is 11.1 Å². The van der Waals surface area contributed by atoms with Crippen molar-refractivity contribution in [3.63, 3.8) is 0 Å². The first-order valence-electron chi connectivity index (χ1n) is 7.85. The number of rotatable bonds is 4. The van der Waals surface area contributed by atoms with Crippen LogP contribution in [0.3, 0.4) is 0 Å². The number of hydrogen-bond acceptors (Lipinski definition) is 0. The summed E-state index contributed by atoms with van der Waals surface area (Å²) in [7, 11) is 0. The minimum atomic E-state index is -1.16. The molecule has 1 aliphatic carbocycles. The van der Waals surface area contributed by atoms with E-state index >= 15 is 0 Å². The SMILES string of the molecule is C=C/C=C(\C=C/C)C1(c2ccccc2F)CCC(C)(F)CC1. The molecule has 1 aromatic rings. The van der Waals surface area contributed by atoms with Gasteiger partial charge in [0.05, 0.1) is 0 Å². The van der Waals surface area contributed by atoms with E-state index in [4.69, 9.17) is 0 Å². The van der Waals surface area contributed by atoms with Gasteiger partial charge in [-0.15, -0.1) is 0 Å². The van der Waals surface area contributed by atoms with E-state index in [1.807, 2.05) is 37.3 Å². The lowest BCUT2D eigenvalue weighted by Crippen LogP contribution is -2.39. The van der Waals surface area contributed by atoms with Crippen LogP contribution in [0.2, 0.25) is 0 Å². The topological polar surface area (TPSA) is 0 Å². The van der Waals surface area contributed by atoms with Gasteiger partial charge in [-0.1, -0.05) is 49.1 Å². The van der Waals surface area contributed by atoms with E-state index in [0.29, 0.717) is 31.2 Å². The maximum atomic E-state index is 14.5.